The number of hydrogen-bond acceptors (Lipinski definition) is 6. The lowest BCUT2D eigenvalue weighted by atomic mass is 10.0. The van der Waals surface area contributed by atoms with Crippen LogP contribution in [0.15, 0.2) is 41.2 Å². The summed E-state index contributed by atoms with van der Waals surface area (Å²) < 4.78 is 5.31. The third kappa shape index (κ3) is 4.00. The molecule has 1 aromatic carbocycles. The van der Waals surface area contributed by atoms with Gasteiger partial charge in [-0.3, -0.25) is 4.79 Å². The van der Waals surface area contributed by atoms with Crippen molar-refractivity contribution in [3.63, 3.8) is 0 Å². The van der Waals surface area contributed by atoms with Crippen LogP contribution in [0.4, 0.5) is 5.82 Å². The van der Waals surface area contributed by atoms with Gasteiger partial charge in [0.1, 0.15) is 11.6 Å². The van der Waals surface area contributed by atoms with Crippen LogP contribution >= 0.6 is 11.3 Å². The van der Waals surface area contributed by atoms with E-state index in [9.17, 15) is 4.79 Å². The highest BCUT2D eigenvalue weighted by Crippen LogP contribution is 2.30. The van der Waals surface area contributed by atoms with Gasteiger partial charge in [-0.2, -0.15) is 0 Å². The Bertz CT molecular complexity index is 893. The van der Waals surface area contributed by atoms with Crippen LogP contribution in [0.2, 0.25) is 0 Å². The summed E-state index contributed by atoms with van der Waals surface area (Å²) in [5.74, 6) is 1.00. The maximum Gasteiger partial charge on any atom is 0.251 e. The summed E-state index contributed by atoms with van der Waals surface area (Å²) in [6.07, 6.45) is 0.721. The number of ether oxygens (including phenoxy) is 1. The second-order valence-electron chi connectivity index (χ2n) is 5.77. The lowest BCUT2D eigenvalue weighted by molar-refractivity contribution is 0.0954. The second kappa shape index (κ2) is 7.97. The minimum Gasteiger partial charge on any atom is -0.495 e. The number of pyridine rings is 1. The summed E-state index contributed by atoms with van der Waals surface area (Å²) >= 11 is 1.55. The minimum absolute atomic E-state index is 0.112. The van der Waals surface area contributed by atoms with E-state index in [0.717, 1.165) is 28.9 Å². The molecule has 0 aliphatic heterocycles. The number of aromatic nitrogens is 2. The smallest absolute Gasteiger partial charge is 0.251 e. The number of thiazole rings is 1. The summed E-state index contributed by atoms with van der Waals surface area (Å²) in [5, 5.41) is 4.88. The number of nitrogens with zero attached hydrogens (tertiary/aromatic N) is 2. The van der Waals surface area contributed by atoms with Crippen LogP contribution in [-0.2, 0) is 6.42 Å². The van der Waals surface area contributed by atoms with Crippen molar-refractivity contribution in [2.75, 3.05) is 19.4 Å². The monoisotopic (exact) mass is 368 g/mol. The summed E-state index contributed by atoms with van der Waals surface area (Å²) in [5.41, 5.74) is 11.8. The molecule has 0 saturated heterocycles. The van der Waals surface area contributed by atoms with Gasteiger partial charge in [-0.05, 0) is 30.7 Å². The molecule has 0 spiro atoms. The van der Waals surface area contributed by atoms with Crippen molar-refractivity contribution in [1.29, 1.82) is 0 Å². The van der Waals surface area contributed by atoms with Gasteiger partial charge in [0.05, 0.1) is 24.0 Å². The van der Waals surface area contributed by atoms with Crippen molar-refractivity contribution in [1.82, 2.24) is 15.3 Å². The zero-order valence-electron chi connectivity index (χ0n) is 14.7. The third-order valence-corrected chi connectivity index (χ3v) is 4.66. The van der Waals surface area contributed by atoms with Crippen LogP contribution in [0, 0.1) is 6.92 Å². The van der Waals surface area contributed by atoms with Crippen LogP contribution in [0.5, 0.6) is 5.75 Å². The van der Waals surface area contributed by atoms with E-state index in [4.69, 9.17) is 10.5 Å². The van der Waals surface area contributed by atoms with E-state index in [2.05, 4.69) is 15.3 Å². The van der Waals surface area contributed by atoms with E-state index in [0.29, 0.717) is 23.7 Å². The molecular weight excluding hydrogens is 348 g/mol. The van der Waals surface area contributed by atoms with E-state index in [1.807, 2.05) is 30.5 Å². The first-order chi connectivity index (χ1) is 12.6. The van der Waals surface area contributed by atoms with Gasteiger partial charge in [-0.1, -0.05) is 12.1 Å². The molecule has 0 bridgehead atoms. The Morgan fingerprint density at radius 2 is 2.08 bits per heavy atom. The zero-order valence-corrected chi connectivity index (χ0v) is 15.5. The van der Waals surface area contributed by atoms with E-state index >= 15 is 0 Å². The number of carbonyl (C=O) groups is 1. The Hall–Kier alpha value is -2.93. The van der Waals surface area contributed by atoms with Gasteiger partial charge in [-0.25, -0.2) is 9.97 Å². The molecule has 0 unspecified atom stereocenters. The first-order valence-electron chi connectivity index (χ1n) is 8.15. The van der Waals surface area contributed by atoms with Crippen molar-refractivity contribution >= 4 is 23.1 Å². The van der Waals surface area contributed by atoms with Crippen molar-refractivity contribution < 1.29 is 9.53 Å². The number of carbonyl (C=O) groups excluding carboxylic acids is 1. The largest absolute Gasteiger partial charge is 0.495 e. The topological polar surface area (TPSA) is 90.1 Å². The number of aryl methyl sites for hydroxylation is 1. The molecule has 134 valence electrons. The number of rotatable bonds is 6. The van der Waals surface area contributed by atoms with Crippen LogP contribution in [0.1, 0.15) is 21.7 Å². The van der Waals surface area contributed by atoms with Crippen molar-refractivity contribution in [3.05, 3.63) is 58.2 Å². The maximum atomic E-state index is 12.2. The highest BCUT2D eigenvalue weighted by Gasteiger charge is 2.11. The molecule has 6 nitrogen and oxygen atoms in total. The lowest BCUT2D eigenvalue weighted by Gasteiger charge is -2.11. The SMILES string of the molecule is COc1cc(-c2ccc(C(=O)NCCc3cscn3)cc2)c(N)nc1C. The number of hydrogen-bond donors (Lipinski definition) is 2. The number of methoxy groups -OCH3 is 1. The fourth-order valence-corrected chi connectivity index (χ4v) is 3.20. The van der Waals surface area contributed by atoms with Crippen molar-refractivity contribution in [3.8, 4) is 16.9 Å². The molecule has 26 heavy (non-hydrogen) atoms. The molecule has 7 heteroatoms. The number of nitrogens with two attached hydrogens (primary N) is 1. The van der Waals surface area contributed by atoms with E-state index in [1.54, 1.807) is 36.1 Å². The Kier molecular flexibility index (Phi) is 5.48. The number of amides is 1. The maximum absolute atomic E-state index is 12.2. The van der Waals surface area contributed by atoms with Gasteiger partial charge in [0.25, 0.3) is 5.91 Å². The summed E-state index contributed by atoms with van der Waals surface area (Å²) in [7, 11) is 1.60. The molecule has 0 saturated carbocycles. The van der Waals surface area contributed by atoms with Crippen molar-refractivity contribution in [2.45, 2.75) is 13.3 Å². The Labute approximate surface area is 156 Å². The quantitative estimate of drug-likeness (QED) is 0.698. The molecule has 0 atom stereocenters. The number of anilines is 1. The normalized spacial score (nSPS) is 10.5. The van der Waals surface area contributed by atoms with Crippen LogP contribution in [-0.4, -0.2) is 29.5 Å². The second-order valence-corrected chi connectivity index (χ2v) is 6.49. The Morgan fingerprint density at radius 3 is 2.73 bits per heavy atom. The third-order valence-electron chi connectivity index (χ3n) is 4.02. The molecule has 2 heterocycles. The van der Waals surface area contributed by atoms with Crippen LogP contribution < -0.4 is 15.8 Å². The predicted molar refractivity (Wildman–Crippen MR) is 104 cm³/mol. The van der Waals surface area contributed by atoms with Gasteiger partial charge < -0.3 is 15.8 Å². The Morgan fingerprint density at radius 1 is 1.31 bits per heavy atom. The highest BCUT2D eigenvalue weighted by atomic mass is 32.1. The molecular formula is C19H20N4O2S. The minimum atomic E-state index is -0.112. The Balaban J connectivity index is 1.69. The molecule has 3 N–H and O–H groups in total. The molecule has 2 aromatic heterocycles. The summed E-state index contributed by atoms with van der Waals surface area (Å²) in [4.78, 5) is 20.8. The number of benzene rings is 1. The molecule has 0 aliphatic carbocycles. The zero-order chi connectivity index (χ0) is 18.5. The average Bonchev–Trinajstić information content (AvgIpc) is 3.15. The lowest BCUT2D eigenvalue weighted by Crippen LogP contribution is -2.25. The molecule has 1 amide bonds. The molecule has 3 rings (SSSR count). The summed E-state index contributed by atoms with van der Waals surface area (Å²) in [6, 6.07) is 9.13. The van der Waals surface area contributed by atoms with Crippen LogP contribution in [0.3, 0.4) is 0 Å². The van der Waals surface area contributed by atoms with Gasteiger partial charge in [0.15, 0.2) is 0 Å². The van der Waals surface area contributed by atoms with Gasteiger partial charge in [0, 0.05) is 29.5 Å². The van der Waals surface area contributed by atoms with Crippen molar-refractivity contribution in [2.24, 2.45) is 0 Å². The fraction of sp³-hybridized carbons (Fsp3) is 0.211. The molecule has 0 radical (unpaired) electrons. The predicted octanol–water partition coefficient (Wildman–Crippen LogP) is 3.08. The highest BCUT2D eigenvalue weighted by molar-refractivity contribution is 7.07. The first-order valence-corrected chi connectivity index (χ1v) is 9.09. The van der Waals surface area contributed by atoms with E-state index in [-0.39, 0.29) is 5.91 Å². The molecule has 0 aliphatic rings. The van der Waals surface area contributed by atoms with Gasteiger partial charge in [0.2, 0.25) is 0 Å². The summed E-state index contributed by atoms with van der Waals surface area (Å²) in [6.45, 7) is 2.40. The average molecular weight is 368 g/mol. The first kappa shape index (κ1) is 17.9. The number of nitrogens with one attached hydrogen (secondary N) is 1. The molecule has 3 aromatic rings. The van der Waals surface area contributed by atoms with Crippen LogP contribution in [0.25, 0.3) is 11.1 Å². The number of nitrogen functional groups attached to an aromatic ring is 1. The standard InChI is InChI=1S/C19H20N4O2S/c1-12-17(25-2)9-16(18(20)23-12)13-3-5-14(6-4-13)19(24)21-8-7-15-10-26-11-22-15/h3-6,9-11H,7-8H2,1-2H3,(H2,20,23)(H,21,24). The van der Waals surface area contributed by atoms with E-state index in [1.165, 1.54) is 0 Å². The molecule has 0 fully saturated rings. The fourth-order valence-electron chi connectivity index (χ4n) is 2.61. The van der Waals surface area contributed by atoms with Gasteiger partial charge >= 0.3 is 0 Å². The van der Waals surface area contributed by atoms with Gasteiger partial charge in [-0.15, -0.1) is 11.3 Å². The van der Waals surface area contributed by atoms with E-state index < -0.39 is 0 Å².